The molecule has 9 heteroatoms. The van der Waals surface area contributed by atoms with Crippen LogP contribution in [0.1, 0.15) is 61.4 Å². The number of primary amides is 1. The first-order valence-electron chi connectivity index (χ1n) is 12.1. The summed E-state index contributed by atoms with van der Waals surface area (Å²) in [6.45, 7) is 2.28. The van der Waals surface area contributed by atoms with Crippen molar-refractivity contribution in [2.75, 3.05) is 17.3 Å². The molecular weight excluding hydrogens is 456 g/mol. The smallest absolute Gasteiger partial charge is 0.257 e. The minimum Gasteiger partial charge on any atom is -0.370 e. The fourth-order valence-corrected chi connectivity index (χ4v) is 4.81. The lowest BCUT2D eigenvalue weighted by Gasteiger charge is -2.35. The molecule has 0 aliphatic heterocycles. The summed E-state index contributed by atoms with van der Waals surface area (Å²) in [6.07, 6.45) is 5.11. The van der Waals surface area contributed by atoms with Crippen molar-refractivity contribution in [3.63, 3.8) is 0 Å². The monoisotopic (exact) mass is 486 g/mol. The number of fused-ring (bicyclic) bond motifs is 1. The molecule has 1 aliphatic carbocycles. The van der Waals surface area contributed by atoms with Crippen molar-refractivity contribution in [2.45, 2.75) is 52.0 Å². The summed E-state index contributed by atoms with van der Waals surface area (Å²) >= 11 is 0. The van der Waals surface area contributed by atoms with Crippen LogP contribution < -0.4 is 16.0 Å². The van der Waals surface area contributed by atoms with E-state index in [2.05, 4.69) is 10.3 Å². The maximum absolute atomic E-state index is 13.3. The van der Waals surface area contributed by atoms with Crippen LogP contribution in [0.2, 0.25) is 0 Å². The van der Waals surface area contributed by atoms with Gasteiger partial charge >= 0.3 is 0 Å². The van der Waals surface area contributed by atoms with Crippen molar-refractivity contribution < 1.29 is 14.4 Å². The minimum absolute atomic E-state index is 0.0731. The molecule has 3 N–H and O–H groups in total. The first kappa shape index (κ1) is 24.9. The quantitative estimate of drug-likeness (QED) is 0.521. The Bertz CT molecular complexity index is 1350. The lowest BCUT2D eigenvalue weighted by Crippen LogP contribution is -2.41. The number of imidazole rings is 1. The van der Waals surface area contributed by atoms with Gasteiger partial charge in [-0.05, 0) is 55.3 Å². The summed E-state index contributed by atoms with van der Waals surface area (Å²) < 4.78 is 1.73. The van der Waals surface area contributed by atoms with Crippen LogP contribution in [0, 0.1) is 16.7 Å². The predicted octanol–water partition coefficient (Wildman–Crippen LogP) is 3.97. The van der Waals surface area contributed by atoms with E-state index in [0.717, 1.165) is 32.1 Å². The highest BCUT2D eigenvalue weighted by atomic mass is 16.2. The SMILES string of the molecule is CN(C(=O)C1(C)CCCCC1)c1ccc2c(c1)nc(NC(=O)c1ccc(C#N)cc1)n2CCC(N)=O. The number of nitrogens with one attached hydrogen (secondary N) is 1. The number of anilines is 2. The molecule has 0 saturated heterocycles. The second-order valence-corrected chi connectivity index (χ2v) is 9.61. The van der Waals surface area contributed by atoms with E-state index < -0.39 is 11.8 Å². The Morgan fingerprint density at radius 3 is 2.47 bits per heavy atom. The van der Waals surface area contributed by atoms with Gasteiger partial charge in [-0.25, -0.2) is 4.98 Å². The lowest BCUT2D eigenvalue weighted by molar-refractivity contribution is -0.128. The lowest BCUT2D eigenvalue weighted by atomic mass is 9.74. The topological polar surface area (TPSA) is 134 Å². The standard InChI is InChI=1S/C27H30N6O3/c1-27(13-4-3-5-14-27)25(36)32(2)20-10-11-22-21(16-20)30-26(33(22)15-12-23(29)34)31-24(35)19-8-6-18(17-28)7-9-19/h6-11,16H,3-5,12-15H2,1-2H3,(H2,29,34)(H,30,31,35). The number of benzene rings is 2. The van der Waals surface area contributed by atoms with Gasteiger partial charge in [0.25, 0.3) is 5.91 Å². The van der Waals surface area contributed by atoms with Gasteiger partial charge in [0.1, 0.15) is 0 Å². The molecule has 0 radical (unpaired) electrons. The molecule has 36 heavy (non-hydrogen) atoms. The zero-order valence-corrected chi connectivity index (χ0v) is 20.6. The molecule has 1 saturated carbocycles. The summed E-state index contributed by atoms with van der Waals surface area (Å²) in [6, 6.07) is 13.8. The highest BCUT2D eigenvalue weighted by Gasteiger charge is 2.37. The van der Waals surface area contributed by atoms with Crippen molar-refractivity contribution in [3.05, 3.63) is 53.6 Å². The number of aromatic nitrogens is 2. The molecule has 1 aromatic heterocycles. The van der Waals surface area contributed by atoms with Gasteiger partial charge in [-0.2, -0.15) is 5.26 Å². The van der Waals surface area contributed by atoms with Crippen LogP contribution in [0.3, 0.4) is 0 Å². The van der Waals surface area contributed by atoms with Crippen LogP contribution in [0.5, 0.6) is 0 Å². The molecule has 0 bridgehead atoms. The van der Waals surface area contributed by atoms with Gasteiger partial charge in [-0.1, -0.05) is 26.2 Å². The number of carbonyl (C=O) groups excluding carboxylic acids is 3. The Morgan fingerprint density at radius 2 is 1.83 bits per heavy atom. The Labute approximate surface area is 209 Å². The van der Waals surface area contributed by atoms with E-state index in [4.69, 9.17) is 11.0 Å². The Hall–Kier alpha value is -4.19. The molecule has 3 amide bonds. The van der Waals surface area contributed by atoms with Crippen LogP contribution in [0.15, 0.2) is 42.5 Å². The Balaban J connectivity index is 1.65. The number of hydrogen-bond acceptors (Lipinski definition) is 5. The number of hydrogen-bond donors (Lipinski definition) is 2. The van der Waals surface area contributed by atoms with E-state index in [1.807, 2.05) is 31.2 Å². The van der Waals surface area contributed by atoms with Crippen LogP contribution in [-0.2, 0) is 16.1 Å². The number of aryl methyl sites for hydroxylation is 1. The number of rotatable bonds is 7. The van der Waals surface area contributed by atoms with E-state index in [-0.39, 0.29) is 30.2 Å². The van der Waals surface area contributed by atoms with Gasteiger partial charge in [0.2, 0.25) is 17.8 Å². The third-order valence-corrected chi connectivity index (χ3v) is 6.98. The molecule has 1 aliphatic rings. The number of nitriles is 1. The first-order chi connectivity index (χ1) is 17.2. The molecule has 9 nitrogen and oxygen atoms in total. The van der Waals surface area contributed by atoms with Gasteiger partial charge in [0, 0.05) is 36.7 Å². The highest BCUT2D eigenvalue weighted by molar-refractivity contribution is 6.04. The average molecular weight is 487 g/mol. The summed E-state index contributed by atoms with van der Waals surface area (Å²) in [4.78, 5) is 44.0. The number of nitrogens with two attached hydrogens (primary N) is 1. The fraction of sp³-hybridized carbons (Fsp3) is 0.370. The zero-order chi connectivity index (χ0) is 25.9. The largest absolute Gasteiger partial charge is 0.370 e. The molecule has 2 aromatic carbocycles. The maximum atomic E-state index is 13.3. The Kier molecular flexibility index (Phi) is 7.06. The van der Waals surface area contributed by atoms with Gasteiger partial charge < -0.3 is 15.2 Å². The zero-order valence-electron chi connectivity index (χ0n) is 20.6. The van der Waals surface area contributed by atoms with Crippen LogP contribution in [0.4, 0.5) is 11.6 Å². The normalized spacial score (nSPS) is 14.7. The summed E-state index contributed by atoms with van der Waals surface area (Å²) in [5, 5.41) is 11.8. The second-order valence-electron chi connectivity index (χ2n) is 9.61. The third-order valence-electron chi connectivity index (χ3n) is 6.98. The molecule has 0 spiro atoms. The highest BCUT2D eigenvalue weighted by Crippen LogP contribution is 2.38. The molecule has 1 heterocycles. The van der Waals surface area contributed by atoms with Crippen molar-refractivity contribution in [2.24, 2.45) is 11.1 Å². The fourth-order valence-electron chi connectivity index (χ4n) is 4.81. The summed E-state index contributed by atoms with van der Waals surface area (Å²) in [5.74, 6) is -0.508. The molecule has 3 aromatic rings. The van der Waals surface area contributed by atoms with Gasteiger partial charge in [-0.15, -0.1) is 0 Å². The predicted molar refractivity (Wildman–Crippen MR) is 137 cm³/mol. The van der Waals surface area contributed by atoms with E-state index in [1.165, 1.54) is 0 Å². The summed E-state index contributed by atoms with van der Waals surface area (Å²) in [5.41, 5.74) is 7.83. The number of nitrogens with zero attached hydrogens (tertiary/aromatic N) is 4. The average Bonchev–Trinajstić information content (AvgIpc) is 3.22. The number of carbonyl (C=O) groups is 3. The van der Waals surface area contributed by atoms with Crippen LogP contribution >= 0.6 is 0 Å². The Morgan fingerprint density at radius 1 is 1.14 bits per heavy atom. The van der Waals surface area contributed by atoms with Crippen molar-refractivity contribution >= 4 is 40.4 Å². The second kappa shape index (κ2) is 10.2. The maximum Gasteiger partial charge on any atom is 0.257 e. The van der Waals surface area contributed by atoms with Crippen molar-refractivity contribution in [1.82, 2.24) is 9.55 Å². The van der Waals surface area contributed by atoms with E-state index in [0.29, 0.717) is 27.8 Å². The molecule has 1 fully saturated rings. The minimum atomic E-state index is -0.469. The summed E-state index contributed by atoms with van der Waals surface area (Å²) in [7, 11) is 1.78. The van der Waals surface area contributed by atoms with Crippen LogP contribution in [0.25, 0.3) is 11.0 Å². The number of amides is 3. The van der Waals surface area contributed by atoms with E-state index >= 15 is 0 Å². The molecule has 4 rings (SSSR count). The van der Waals surface area contributed by atoms with Gasteiger partial charge in [0.15, 0.2) is 0 Å². The van der Waals surface area contributed by atoms with Gasteiger partial charge in [0.05, 0.1) is 22.7 Å². The molecule has 0 atom stereocenters. The van der Waals surface area contributed by atoms with Crippen molar-refractivity contribution in [1.29, 1.82) is 5.26 Å². The van der Waals surface area contributed by atoms with Gasteiger partial charge in [-0.3, -0.25) is 19.7 Å². The van der Waals surface area contributed by atoms with Crippen LogP contribution in [-0.4, -0.2) is 34.3 Å². The molecule has 186 valence electrons. The third kappa shape index (κ3) is 5.08. The van der Waals surface area contributed by atoms with Crippen molar-refractivity contribution in [3.8, 4) is 6.07 Å². The molecule has 0 unspecified atom stereocenters. The molecular formula is C27H30N6O3. The van der Waals surface area contributed by atoms with E-state index in [1.54, 1.807) is 40.8 Å². The van der Waals surface area contributed by atoms with E-state index in [9.17, 15) is 14.4 Å². The first-order valence-corrected chi connectivity index (χ1v) is 12.1.